The van der Waals surface area contributed by atoms with Gasteiger partial charge in [0.1, 0.15) is 5.69 Å². The summed E-state index contributed by atoms with van der Waals surface area (Å²) in [5, 5.41) is 4.62. The molecule has 1 aliphatic heterocycles. The smallest absolute Gasteiger partial charge is 0.255 e. The van der Waals surface area contributed by atoms with E-state index < -0.39 is 0 Å². The number of H-pyrrole nitrogens is 1. The highest BCUT2D eigenvalue weighted by molar-refractivity contribution is 7.14. The van der Waals surface area contributed by atoms with Crippen molar-refractivity contribution in [3.63, 3.8) is 0 Å². The number of morpholine rings is 1. The third-order valence-corrected chi connectivity index (χ3v) is 4.99. The number of thiazole rings is 1. The highest BCUT2D eigenvalue weighted by atomic mass is 32.1. The second-order valence-corrected chi connectivity index (χ2v) is 7.05. The summed E-state index contributed by atoms with van der Waals surface area (Å²) in [4.78, 5) is 49.1. The number of ether oxygens (including phenoxy) is 1. The van der Waals surface area contributed by atoms with Crippen LogP contribution >= 0.6 is 11.3 Å². The summed E-state index contributed by atoms with van der Waals surface area (Å²) in [5.41, 5.74) is 1.20. The average Bonchev–Trinajstić information content (AvgIpc) is 3.10. The normalized spacial score (nSPS) is 14.2. The minimum absolute atomic E-state index is 0.123. The lowest BCUT2D eigenvalue weighted by molar-refractivity contribution is -0.116. The molecule has 1 aliphatic rings. The summed E-state index contributed by atoms with van der Waals surface area (Å²) in [5.74, 6) is 0.115. The fourth-order valence-electron chi connectivity index (χ4n) is 2.73. The maximum atomic E-state index is 12.4. The second-order valence-electron chi connectivity index (χ2n) is 6.20. The Balaban J connectivity index is 1.62. The van der Waals surface area contributed by atoms with Crippen LogP contribution in [0.2, 0.25) is 0 Å². The number of carbonyl (C=O) groups is 2. The zero-order valence-electron chi connectivity index (χ0n) is 15.2. The van der Waals surface area contributed by atoms with Crippen molar-refractivity contribution in [3.8, 4) is 0 Å². The Morgan fingerprint density at radius 1 is 1.33 bits per heavy atom. The number of nitrogens with zero attached hydrogens (tertiary/aromatic N) is 3. The van der Waals surface area contributed by atoms with E-state index >= 15 is 0 Å². The van der Waals surface area contributed by atoms with E-state index in [0.29, 0.717) is 54.3 Å². The number of rotatable bonds is 6. The molecule has 3 heterocycles. The standard InChI is InChI=1S/C17H21N5O4S/c1-10-12(15(25)21-16(18-10)22-5-7-26-8-6-22)3-4-14(24)20-17-19-13(9-27-17)11(2)23/h9H,3-8H2,1-2H3,(H,18,21,25)(H,19,20,24). The Bertz CT molecular complexity index is 901. The number of carbonyl (C=O) groups excluding carboxylic acids is 2. The van der Waals surface area contributed by atoms with E-state index in [2.05, 4.69) is 20.3 Å². The number of Topliss-reactive ketones (excluding diaryl/α,β-unsaturated/α-hetero) is 1. The number of hydrogen-bond donors (Lipinski definition) is 2. The van der Waals surface area contributed by atoms with E-state index in [0.717, 1.165) is 0 Å². The van der Waals surface area contributed by atoms with Crippen molar-refractivity contribution >= 4 is 34.1 Å². The maximum absolute atomic E-state index is 12.4. The van der Waals surface area contributed by atoms with E-state index in [4.69, 9.17) is 4.74 Å². The highest BCUT2D eigenvalue weighted by Gasteiger charge is 2.17. The highest BCUT2D eigenvalue weighted by Crippen LogP contribution is 2.16. The molecular weight excluding hydrogens is 370 g/mol. The van der Waals surface area contributed by atoms with Crippen LogP contribution in [0.25, 0.3) is 0 Å². The minimum atomic E-state index is -0.268. The number of amides is 1. The summed E-state index contributed by atoms with van der Waals surface area (Å²) in [6.07, 6.45) is 0.395. The van der Waals surface area contributed by atoms with E-state index in [9.17, 15) is 14.4 Å². The molecule has 0 spiro atoms. The summed E-state index contributed by atoms with van der Waals surface area (Å²) in [6.45, 7) is 5.76. The number of hydrogen-bond acceptors (Lipinski definition) is 8. The molecule has 3 rings (SSSR count). The molecule has 144 valence electrons. The predicted molar refractivity (Wildman–Crippen MR) is 102 cm³/mol. The van der Waals surface area contributed by atoms with Crippen LogP contribution < -0.4 is 15.8 Å². The van der Waals surface area contributed by atoms with Crippen molar-refractivity contribution in [2.24, 2.45) is 0 Å². The molecule has 1 fully saturated rings. The van der Waals surface area contributed by atoms with Gasteiger partial charge in [0.05, 0.1) is 13.2 Å². The Morgan fingerprint density at radius 2 is 2.07 bits per heavy atom. The second kappa shape index (κ2) is 8.40. The summed E-state index contributed by atoms with van der Waals surface area (Å²) in [7, 11) is 0. The third-order valence-electron chi connectivity index (χ3n) is 4.23. The first-order valence-corrected chi connectivity index (χ1v) is 9.51. The first kappa shape index (κ1) is 19.2. The van der Waals surface area contributed by atoms with E-state index in [1.165, 1.54) is 18.3 Å². The number of aromatic amines is 1. The molecule has 10 heteroatoms. The minimum Gasteiger partial charge on any atom is -0.378 e. The van der Waals surface area contributed by atoms with Crippen LogP contribution in [0, 0.1) is 6.92 Å². The largest absolute Gasteiger partial charge is 0.378 e. The SMILES string of the molecule is CC(=O)c1csc(NC(=O)CCc2c(C)nc(N3CCOCC3)[nH]c2=O)n1. The van der Waals surface area contributed by atoms with Gasteiger partial charge in [0.2, 0.25) is 11.9 Å². The van der Waals surface area contributed by atoms with Crippen LogP contribution in [0.5, 0.6) is 0 Å². The van der Waals surface area contributed by atoms with E-state index in [1.807, 2.05) is 4.90 Å². The van der Waals surface area contributed by atoms with Crippen molar-refractivity contribution in [1.82, 2.24) is 15.0 Å². The maximum Gasteiger partial charge on any atom is 0.255 e. The van der Waals surface area contributed by atoms with Gasteiger partial charge >= 0.3 is 0 Å². The van der Waals surface area contributed by atoms with Crippen molar-refractivity contribution in [2.45, 2.75) is 26.7 Å². The molecule has 0 aliphatic carbocycles. The van der Waals surface area contributed by atoms with Gasteiger partial charge in [-0.3, -0.25) is 19.4 Å². The molecule has 27 heavy (non-hydrogen) atoms. The molecule has 1 amide bonds. The molecular formula is C17H21N5O4S. The number of aromatic nitrogens is 3. The van der Waals surface area contributed by atoms with Gasteiger partial charge in [-0.15, -0.1) is 11.3 Å². The molecule has 0 atom stereocenters. The summed E-state index contributed by atoms with van der Waals surface area (Å²) < 4.78 is 5.30. The van der Waals surface area contributed by atoms with Gasteiger partial charge in [-0.2, -0.15) is 0 Å². The van der Waals surface area contributed by atoms with Gasteiger partial charge in [0, 0.05) is 43.1 Å². The summed E-state index contributed by atoms with van der Waals surface area (Å²) in [6, 6.07) is 0. The number of ketones is 1. The molecule has 2 aromatic rings. The fourth-order valence-corrected chi connectivity index (χ4v) is 3.49. The quantitative estimate of drug-likeness (QED) is 0.709. The van der Waals surface area contributed by atoms with Gasteiger partial charge in [-0.1, -0.05) is 0 Å². The van der Waals surface area contributed by atoms with Gasteiger partial charge in [-0.05, 0) is 13.3 Å². The fraction of sp³-hybridized carbons (Fsp3) is 0.471. The number of anilines is 2. The summed E-state index contributed by atoms with van der Waals surface area (Å²) >= 11 is 1.19. The van der Waals surface area contributed by atoms with Crippen molar-refractivity contribution in [3.05, 3.63) is 32.7 Å². The zero-order valence-corrected chi connectivity index (χ0v) is 16.0. The van der Waals surface area contributed by atoms with Crippen LogP contribution in [0.15, 0.2) is 10.2 Å². The molecule has 2 N–H and O–H groups in total. The number of aryl methyl sites for hydroxylation is 1. The van der Waals surface area contributed by atoms with E-state index in [1.54, 1.807) is 12.3 Å². The topological polar surface area (TPSA) is 117 Å². The lowest BCUT2D eigenvalue weighted by Crippen LogP contribution is -2.38. The van der Waals surface area contributed by atoms with Gasteiger partial charge in [0.15, 0.2) is 10.9 Å². The first-order valence-electron chi connectivity index (χ1n) is 8.63. The Morgan fingerprint density at radius 3 is 2.70 bits per heavy atom. The van der Waals surface area contributed by atoms with Crippen molar-refractivity contribution < 1.29 is 14.3 Å². The van der Waals surface area contributed by atoms with Gasteiger partial charge in [0.25, 0.3) is 5.56 Å². The first-order chi connectivity index (χ1) is 12.9. The predicted octanol–water partition coefficient (Wildman–Crippen LogP) is 1.15. The molecule has 0 unspecified atom stereocenters. The Kier molecular flexibility index (Phi) is 5.97. The average molecular weight is 391 g/mol. The van der Waals surface area contributed by atoms with Crippen LogP contribution in [-0.2, 0) is 16.0 Å². The van der Waals surface area contributed by atoms with Crippen molar-refractivity contribution in [2.75, 3.05) is 36.5 Å². The van der Waals surface area contributed by atoms with Crippen LogP contribution in [0.3, 0.4) is 0 Å². The number of nitrogens with one attached hydrogen (secondary N) is 2. The van der Waals surface area contributed by atoms with Crippen molar-refractivity contribution in [1.29, 1.82) is 0 Å². The molecule has 0 radical (unpaired) electrons. The molecule has 2 aromatic heterocycles. The van der Waals surface area contributed by atoms with E-state index in [-0.39, 0.29) is 30.1 Å². The van der Waals surface area contributed by atoms with Crippen LogP contribution in [0.4, 0.5) is 11.1 Å². The Hall–Kier alpha value is -2.59. The third kappa shape index (κ3) is 4.77. The lowest BCUT2D eigenvalue weighted by atomic mass is 10.1. The zero-order chi connectivity index (χ0) is 19.4. The molecule has 0 saturated carbocycles. The van der Waals surface area contributed by atoms with Gasteiger partial charge < -0.3 is 15.0 Å². The lowest BCUT2D eigenvalue weighted by Gasteiger charge is -2.27. The van der Waals surface area contributed by atoms with Gasteiger partial charge in [-0.25, -0.2) is 9.97 Å². The van der Waals surface area contributed by atoms with Crippen LogP contribution in [0.1, 0.15) is 35.1 Å². The Labute approximate surface area is 159 Å². The monoisotopic (exact) mass is 391 g/mol. The molecule has 0 bridgehead atoms. The molecule has 9 nitrogen and oxygen atoms in total. The molecule has 1 saturated heterocycles. The molecule has 0 aromatic carbocycles. The van der Waals surface area contributed by atoms with Crippen LogP contribution in [-0.4, -0.2) is 52.9 Å².